The van der Waals surface area contributed by atoms with Crippen molar-refractivity contribution < 1.29 is 22.7 Å². The monoisotopic (exact) mass is 527 g/mol. The first-order valence-electron chi connectivity index (χ1n) is 12.4. The highest BCUT2D eigenvalue weighted by atomic mass is 32.2. The highest BCUT2D eigenvalue weighted by Gasteiger charge is 2.52. The zero-order chi connectivity index (χ0) is 26.8. The van der Waals surface area contributed by atoms with Gasteiger partial charge in [0.2, 0.25) is 10.0 Å². The van der Waals surface area contributed by atoms with Crippen molar-refractivity contribution in [2.45, 2.75) is 57.7 Å². The predicted molar refractivity (Wildman–Crippen MR) is 141 cm³/mol. The molecule has 5 rings (SSSR count). The van der Waals surface area contributed by atoms with Crippen molar-refractivity contribution in [2.24, 2.45) is 0 Å². The number of carbonyl (C=O) groups is 2. The van der Waals surface area contributed by atoms with Gasteiger partial charge in [-0.25, -0.2) is 23.1 Å². The number of benzene rings is 1. The first kappa shape index (κ1) is 25.5. The highest BCUT2D eigenvalue weighted by Crippen LogP contribution is 2.44. The van der Waals surface area contributed by atoms with E-state index in [1.165, 1.54) is 10.6 Å². The van der Waals surface area contributed by atoms with Crippen molar-refractivity contribution in [1.82, 2.24) is 9.88 Å². The number of anilines is 3. The lowest BCUT2D eigenvalue weighted by Gasteiger charge is -2.28. The maximum atomic E-state index is 13.7. The smallest absolute Gasteiger partial charge is 0.332 e. The second-order valence-corrected chi connectivity index (χ2v) is 13.1. The third kappa shape index (κ3) is 4.44. The number of hydrogen-bond acceptors (Lipinski definition) is 7. The first-order chi connectivity index (χ1) is 17.3. The van der Waals surface area contributed by atoms with Gasteiger partial charge in [-0.2, -0.15) is 0 Å². The van der Waals surface area contributed by atoms with Crippen molar-refractivity contribution in [3.63, 3.8) is 0 Å². The SMILES string of the molecule is CC1(C)CN(S(C)(=O)=O)c2cc(N3C(=O)N(Cc4ccnc(N[C@H]5CCOC5)c4)C(C)(C)C3=O)ccc21. The van der Waals surface area contributed by atoms with E-state index in [0.29, 0.717) is 37.0 Å². The predicted octanol–water partition coefficient (Wildman–Crippen LogP) is 3.09. The van der Waals surface area contributed by atoms with Gasteiger partial charge in [0, 0.05) is 31.3 Å². The first-order valence-corrected chi connectivity index (χ1v) is 14.2. The van der Waals surface area contributed by atoms with Crippen molar-refractivity contribution in [1.29, 1.82) is 0 Å². The number of imide groups is 1. The van der Waals surface area contributed by atoms with Crippen molar-refractivity contribution >= 4 is 39.2 Å². The Labute approximate surface area is 217 Å². The molecule has 0 spiro atoms. The normalized spacial score (nSPS) is 22.6. The van der Waals surface area contributed by atoms with E-state index in [1.807, 2.05) is 32.0 Å². The van der Waals surface area contributed by atoms with Crippen LogP contribution in [0.5, 0.6) is 0 Å². The summed E-state index contributed by atoms with van der Waals surface area (Å²) in [4.78, 5) is 34.3. The maximum absolute atomic E-state index is 13.7. The number of ether oxygens (including phenoxy) is 1. The molecule has 1 atom stereocenters. The minimum absolute atomic E-state index is 0.195. The number of carbonyl (C=O) groups excluding carboxylic acids is 2. The Kier molecular flexibility index (Phi) is 5.99. The van der Waals surface area contributed by atoms with Crippen LogP contribution in [-0.2, 0) is 31.5 Å². The summed E-state index contributed by atoms with van der Waals surface area (Å²) in [5.41, 5.74) is 1.07. The molecular formula is C26H33N5O5S. The van der Waals surface area contributed by atoms with Gasteiger partial charge in [0.1, 0.15) is 11.4 Å². The summed E-state index contributed by atoms with van der Waals surface area (Å²) in [6.45, 7) is 9.27. The molecule has 3 amide bonds. The molecule has 2 saturated heterocycles. The number of amides is 3. The Morgan fingerprint density at radius 3 is 2.57 bits per heavy atom. The Balaban J connectivity index is 1.44. The lowest BCUT2D eigenvalue weighted by atomic mass is 9.87. The van der Waals surface area contributed by atoms with E-state index in [9.17, 15) is 18.0 Å². The molecule has 2 aromatic rings. The molecule has 0 saturated carbocycles. The average molecular weight is 528 g/mol. The zero-order valence-corrected chi connectivity index (χ0v) is 22.6. The number of fused-ring (bicyclic) bond motifs is 1. The number of rotatable bonds is 6. The Bertz CT molecular complexity index is 1370. The Morgan fingerprint density at radius 2 is 1.89 bits per heavy atom. The summed E-state index contributed by atoms with van der Waals surface area (Å²) in [5.74, 6) is 0.332. The summed E-state index contributed by atoms with van der Waals surface area (Å²) in [6.07, 6.45) is 3.75. The number of urea groups is 1. The zero-order valence-electron chi connectivity index (χ0n) is 21.8. The van der Waals surface area contributed by atoms with E-state index >= 15 is 0 Å². The summed E-state index contributed by atoms with van der Waals surface area (Å²) in [5, 5.41) is 3.36. The van der Waals surface area contributed by atoms with Crippen LogP contribution in [-0.4, -0.2) is 67.8 Å². The lowest BCUT2D eigenvalue weighted by Crippen LogP contribution is -2.43. The van der Waals surface area contributed by atoms with E-state index in [2.05, 4.69) is 10.3 Å². The summed E-state index contributed by atoms with van der Waals surface area (Å²) < 4.78 is 31.7. The van der Waals surface area contributed by atoms with Gasteiger partial charge in [0.15, 0.2) is 0 Å². The van der Waals surface area contributed by atoms with Crippen LogP contribution in [0.25, 0.3) is 0 Å². The van der Waals surface area contributed by atoms with Crippen LogP contribution in [0.15, 0.2) is 36.5 Å². The number of nitrogens with zero attached hydrogens (tertiary/aromatic N) is 4. The van der Waals surface area contributed by atoms with Gasteiger partial charge in [-0.1, -0.05) is 19.9 Å². The topological polar surface area (TPSA) is 112 Å². The van der Waals surface area contributed by atoms with Crippen LogP contribution < -0.4 is 14.5 Å². The molecule has 198 valence electrons. The molecule has 0 unspecified atom stereocenters. The van der Waals surface area contributed by atoms with Crippen LogP contribution in [0.3, 0.4) is 0 Å². The molecule has 11 heteroatoms. The summed E-state index contributed by atoms with van der Waals surface area (Å²) >= 11 is 0. The molecule has 2 fully saturated rings. The quantitative estimate of drug-likeness (QED) is 0.575. The molecule has 0 aliphatic carbocycles. The van der Waals surface area contributed by atoms with Gasteiger partial charge < -0.3 is 15.0 Å². The minimum atomic E-state index is -3.53. The Hall–Kier alpha value is -3.18. The van der Waals surface area contributed by atoms with Crippen LogP contribution in [0, 0.1) is 0 Å². The number of aromatic nitrogens is 1. The van der Waals surface area contributed by atoms with Gasteiger partial charge in [0.25, 0.3) is 5.91 Å². The number of pyridine rings is 1. The lowest BCUT2D eigenvalue weighted by molar-refractivity contribution is -0.123. The van der Waals surface area contributed by atoms with Crippen molar-refractivity contribution in [3.8, 4) is 0 Å². The molecule has 37 heavy (non-hydrogen) atoms. The molecule has 1 aromatic carbocycles. The average Bonchev–Trinajstić information content (AvgIpc) is 3.46. The fourth-order valence-corrected chi connectivity index (χ4v) is 6.35. The van der Waals surface area contributed by atoms with Gasteiger partial charge in [0.05, 0.1) is 30.3 Å². The van der Waals surface area contributed by atoms with Gasteiger partial charge in [-0.15, -0.1) is 0 Å². The van der Waals surface area contributed by atoms with Crippen molar-refractivity contribution in [3.05, 3.63) is 47.7 Å². The Morgan fingerprint density at radius 1 is 1.14 bits per heavy atom. The van der Waals surface area contributed by atoms with E-state index in [0.717, 1.165) is 22.4 Å². The number of hydrogen-bond donors (Lipinski definition) is 1. The molecule has 1 N–H and O–H groups in total. The molecule has 0 bridgehead atoms. The molecule has 0 radical (unpaired) electrons. The highest BCUT2D eigenvalue weighted by molar-refractivity contribution is 7.92. The molecule has 1 aromatic heterocycles. The van der Waals surface area contributed by atoms with E-state index in [-0.39, 0.29) is 23.9 Å². The van der Waals surface area contributed by atoms with Crippen LogP contribution in [0.2, 0.25) is 0 Å². The second kappa shape index (κ2) is 8.70. The third-order valence-corrected chi connectivity index (χ3v) is 8.57. The standard InChI is InChI=1S/C26H33N5O5S/c1-25(2)16-30(37(5,34)35)21-13-19(6-7-20(21)25)31-23(32)26(3,4)29(24(31)33)14-17-8-10-27-22(12-17)28-18-9-11-36-15-18/h6-8,10,12-13,18H,9,11,14-16H2,1-5H3,(H,27,28)/t18-/m0/s1. The molecule has 4 heterocycles. The van der Waals surface area contributed by atoms with E-state index in [4.69, 9.17) is 4.74 Å². The summed E-state index contributed by atoms with van der Waals surface area (Å²) in [6, 6.07) is 8.64. The van der Waals surface area contributed by atoms with Gasteiger partial charge >= 0.3 is 6.03 Å². The summed E-state index contributed by atoms with van der Waals surface area (Å²) in [7, 11) is -3.53. The fraction of sp³-hybridized carbons (Fsp3) is 0.500. The largest absolute Gasteiger partial charge is 0.379 e. The third-order valence-electron chi connectivity index (χ3n) is 7.45. The van der Waals surface area contributed by atoms with Gasteiger partial charge in [-0.3, -0.25) is 9.10 Å². The fourth-order valence-electron chi connectivity index (χ4n) is 5.28. The molecule has 3 aliphatic rings. The second-order valence-electron chi connectivity index (χ2n) is 11.2. The van der Waals surface area contributed by atoms with Crippen molar-refractivity contribution in [2.75, 3.05) is 40.5 Å². The molecule has 3 aliphatic heterocycles. The number of nitrogens with one attached hydrogen (secondary N) is 1. The van der Waals surface area contributed by atoms with Gasteiger partial charge in [-0.05, 0) is 55.7 Å². The number of sulfonamides is 1. The molecular weight excluding hydrogens is 494 g/mol. The van der Waals surface area contributed by atoms with Crippen LogP contribution in [0.1, 0.15) is 45.2 Å². The molecule has 10 nitrogen and oxygen atoms in total. The van der Waals surface area contributed by atoms with E-state index < -0.39 is 21.6 Å². The maximum Gasteiger partial charge on any atom is 0.332 e. The van der Waals surface area contributed by atoms with Crippen LogP contribution >= 0.6 is 0 Å². The minimum Gasteiger partial charge on any atom is -0.379 e. The van der Waals surface area contributed by atoms with Crippen LogP contribution in [0.4, 0.5) is 22.0 Å². The van der Waals surface area contributed by atoms with E-state index in [1.54, 1.807) is 37.1 Å².